The summed E-state index contributed by atoms with van der Waals surface area (Å²) in [6.45, 7) is 4.61. The zero-order chi connectivity index (χ0) is 14.5. The van der Waals surface area contributed by atoms with Crippen LogP contribution in [0.1, 0.15) is 51.5 Å². The first-order valence-electron chi connectivity index (χ1n) is 7.54. The predicted octanol–water partition coefficient (Wildman–Crippen LogP) is 5.34. The number of rotatable bonds is 4. The van der Waals surface area contributed by atoms with Crippen LogP contribution >= 0.6 is 15.9 Å². The summed E-state index contributed by atoms with van der Waals surface area (Å²) in [7, 11) is 0. The van der Waals surface area contributed by atoms with Gasteiger partial charge in [0.15, 0.2) is 0 Å². The molecule has 0 radical (unpaired) electrons. The highest BCUT2D eigenvalue weighted by Gasteiger charge is 2.23. The van der Waals surface area contributed by atoms with Gasteiger partial charge in [-0.2, -0.15) is 5.26 Å². The number of hydrogen-bond donors (Lipinski definition) is 1. The Balaban J connectivity index is 2.01. The molecule has 2 atom stereocenters. The molecule has 2 nitrogen and oxygen atoms in total. The normalized spacial score (nSPS) is 22.6. The molecule has 1 fully saturated rings. The van der Waals surface area contributed by atoms with Crippen molar-refractivity contribution in [3.05, 3.63) is 28.2 Å². The quantitative estimate of drug-likeness (QED) is 0.806. The average molecular weight is 335 g/mol. The molecule has 2 unspecified atom stereocenters. The Hall–Kier alpha value is -1.01. The van der Waals surface area contributed by atoms with E-state index in [1.807, 2.05) is 18.2 Å². The molecule has 0 aromatic heterocycles. The number of hydrogen-bond acceptors (Lipinski definition) is 2. The third-order valence-electron chi connectivity index (χ3n) is 4.05. The molecular formula is C17H23BrN2. The van der Waals surface area contributed by atoms with Gasteiger partial charge in [-0.1, -0.05) is 42.6 Å². The van der Waals surface area contributed by atoms with E-state index < -0.39 is 0 Å². The lowest BCUT2D eigenvalue weighted by molar-refractivity contribution is 0.289. The molecule has 1 saturated carbocycles. The second-order valence-electron chi connectivity index (χ2n) is 6.31. The summed E-state index contributed by atoms with van der Waals surface area (Å²) in [4.78, 5) is 0. The molecule has 108 valence electrons. The van der Waals surface area contributed by atoms with Crippen molar-refractivity contribution < 1.29 is 0 Å². The first-order chi connectivity index (χ1) is 9.58. The van der Waals surface area contributed by atoms with Gasteiger partial charge in [0, 0.05) is 10.5 Å². The Morgan fingerprint density at radius 3 is 2.90 bits per heavy atom. The van der Waals surface area contributed by atoms with Gasteiger partial charge in [-0.15, -0.1) is 0 Å². The van der Waals surface area contributed by atoms with Crippen LogP contribution in [0.5, 0.6) is 0 Å². The fraction of sp³-hybridized carbons (Fsp3) is 0.588. The van der Waals surface area contributed by atoms with Gasteiger partial charge in [0.1, 0.15) is 6.07 Å². The van der Waals surface area contributed by atoms with Crippen LogP contribution in [0, 0.1) is 23.2 Å². The van der Waals surface area contributed by atoms with Gasteiger partial charge >= 0.3 is 0 Å². The molecule has 0 heterocycles. The van der Waals surface area contributed by atoms with Crippen LogP contribution in [-0.4, -0.2) is 6.04 Å². The van der Waals surface area contributed by atoms with Crippen molar-refractivity contribution in [1.82, 2.24) is 0 Å². The fourth-order valence-corrected chi connectivity index (χ4v) is 3.62. The first-order valence-corrected chi connectivity index (χ1v) is 8.34. The van der Waals surface area contributed by atoms with Gasteiger partial charge in [0.25, 0.3) is 0 Å². The van der Waals surface area contributed by atoms with Crippen LogP contribution in [0.25, 0.3) is 0 Å². The zero-order valence-corrected chi connectivity index (χ0v) is 13.9. The SMILES string of the molecule is CC(C)CC1CCCC(Nc2ccc(Br)cc2C#N)C1. The van der Waals surface area contributed by atoms with Crippen LogP contribution in [0.2, 0.25) is 0 Å². The maximum absolute atomic E-state index is 9.23. The molecule has 0 aliphatic heterocycles. The lowest BCUT2D eigenvalue weighted by Crippen LogP contribution is -2.28. The number of anilines is 1. The van der Waals surface area contributed by atoms with E-state index in [1.165, 1.54) is 32.1 Å². The van der Waals surface area contributed by atoms with E-state index in [4.69, 9.17) is 0 Å². The molecule has 0 saturated heterocycles. The number of nitriles is 1. The van der Waals surface area contributed by atoms with Gasteiger partial charge < -0.3 is 5.32 Å². The van der Waals surface area contributed by atoms with E-state index in [2.05, 4.69) is 41.2 Å². The summed E-state index contributed by atoms with van der Waals surface area (Å²) < 4.78 is 0.959. The molecule has 3 heteroatoms. The Morgan fingerprint density at radius 2 is 2.20 bits per heavy atom. The van der Waals surface area contributed by atoms with Crippen LogP contribution < -0.4 is 5.32 Å². The Morgan fingerprint density at radius 1 is 1.40 bits per heavy atom. The first kappa shape index (κ1) is 15.4. The van der Waals surface area contributed by atoms with Crippen molar-refractivity contribution in [2.24, 2.45) is 11.8 Å². The molecule has 20 heavy (non-hydrogen) atoms. The maximum atomic E-state index is 9.23. The summed E-state index contributed by atoms with van der Waals surface area (Å²) in [5.41, 5.74) is 1.70. The Bertz CT molecular complexity index is 490. The number of halogens is 1. The number of benzene rings is 1. The molecule has 2 rings (SSSR count). The highest BCUT2D eigenvalue weighted by Crippen LogP contribution is 2.32. The van der Waals surface area contributed by atoms with Crippen molar-refractivity contribution in [1.29, 1.82) is 5.26 Å². The third-order valence-corrected chi connectivity index (χ3v) is 4.54. The van der Waals surface area contributed by atoms with E-state index in [0.29, 0.717) is 6.04 Å². The second-order valence-corrected chi connectivity index (χ2v) is 7.22. The highest BCUT2D eigenvalue weighted by molar-refractivity contribution is 9.10. The van der Waals surface area contributed by atoms with Crippen molar-refractivity contribution in [2.45, 2.75) is 52.0 Å². The molecule has 1 aliphatic rings. The molecule has 1 N–H and O–H groups in total. The minimum absolute atomic E-state index is 0.515. The van der Waals surface area contributed by atoms with Crippen LogP contribution in [0.4, 0.5) is 5.69 Å². The Labute approximate surface area is 130 Å². The molecule has 0 spiro atoms. The smallest absolute Gasteiger partial charge is 0.101 e. The molecule has 1 aromatic carbocycles. The van der Waals surface area contributed by atoms with Crippen LogP contribution in [0.15, 0.2) is 22.7 Å². The zero-order valence-electron chi connectivity index (χ0n) is 12.3. The lowest BCUT2D eigenvalue weighted by Gasteiger charge is -2.31. The van der Waals surface area contributed by atoms with E-state index in [-0.39, 0.29) is 0 Å². The van der Waals surface area contributed by atoms with Crippen molar-refractivity contribution in [3.63, 3.8) is 0 Å². The van der Waals surface area contributed by atoms with E-state index in [9.17, 15) is 5.26 Å². The fourth-order valence-electron chi connectivity index (χ4n) is 3.26. The molecule has 1 aromatic rings. The van der Waals surface area contributed by atoms with Crippen LogP contribution in [-0.2, 0) is 0 Å². The van der Waals surface area contributed by atoms with E-state index in [0.717, 1.165) is 27.6 Å². The van der Waals surface area contributed by atoms with Crippen molar-refractivity contribution >= 4 is 21.6 Å². The monoisotopic (exact) mass is 334 g/mol. The lowest BCUT2D eigenvalue weighted by atomic mass is 9.81. The highest BCUT2D eigenvalue weighted by atomic mass is 79.9. The van der Waals surface area contributed by atoms with E-state index >= 15 is 0 Å². The standard InChI is InChI=1S/C17H23BrN2/c1-12(2)8-13-4-3-5-16(9-13)20-17-7-6-15(18)10-14(17)11-19/h6-7,10,12-13,16,20H,3-5,8-9H2,1-2H3. The second kappa shape index (κ2) is 7.13. The van der Waals surface area contributed by atoms with Gasteiger partial charge in [0.2, 0.25) is 0 Å². The molecule has 0 amide bonds. The van der Waals surface area contributed by atoms with E-state index in [1.54, 1.807) is 0 Å². The minimum atomic E-state index is 0.515. The molecule has 0 bridgehead atoms. The van der Waals surface area contributed by atoms with Crippen molar-refractivity contribution in [2.75, 3.05) is 5.32 Å². The summed E-state index contributed by atoms with van der Waals surface area (Å²) in [5, 5.41) is 12.8. The summed E-state index contributed by atoms with van der Waals surface area (Å²) in [6.07, 6.45) is 6.44. The Kier molecular flexibility index (Phi) is 5.48. The third kappa shape index (κ3) is 4.24. The van der Waals surface area contributed by atoms with Gasteiger partial charge in [-0.25, -0.2) is 0 Å². The molecule has 1 aliphatic carbocycles. The summed E-state index contributed by atoms with van der Waals surface area (Å²) in [6, 6.07) is 8.68. The minimum Gasteiger partial charge on any atom is -0.381 e. The number of nitrogens with one attached hydrogen (secondary N) is 1. The van der Waals surface area contributed by atoms with Gasteiger partial charge in [-0.05, 0) is 49.3 Å². The number of nitrogens with zero attached hydrogens (tertiary/aromatic N) is 1. The topological polar surface area (TPSA) is 35.8 Å². The van der Waals surface area contributed by atoms with Crippen LogP contribution in [0.3, 0.4) is 0 Å². The summed E-state index contributed by atoms with van der Waals surface area (Å²) in [5.74, 6) is 1.61. The van der Waals surface area contributed by atoms with Gasteiger partial charge in [0.05, 0.1) is 11.3 Å². The average Bonchev–Trinajstić information content (AvgIpc) is 2.40. The molecular weight excluding hydrogens is 312 g/mol. The summed E-state index contributed by atoms with van der Waals surface area (Å²) >= 11 is 3.42. The predicted molar refractivity (Wildman–Crippen MR) is 87.7 cm³/mol. The largest absolute Gasteiger partial charge is 0.381 e. The maximum Gasteiger partial charge on any atom is 0.101 e. The van der Waals surface area contributed by atoms with Crippen molar-refractivity contribution in [3.8, 4) is 6.07 Å². The van der Waals surface area contributed by atoms with Gasteiger partial charge in [-0.3, -0.25) is 0 Å².